The molecule has 0 heterocycles. The van der Waals surface area contributed by atoms with Gasteiger partial charge >= 0.3 is 0 Å². The average Bonchev–Trinajstić information content (AvgIpc) is 2.63. The van der Waals surface area contributed by atoms with E-state index in [-0.39, 0.29) is 27.8 Å². The van der Waals surface area contributed by atoms with Crippen LogP contribution in [0.5, 0.6) is 0 Å². The van der Waals surface area contributed by atoms with Gasteiger partial charge in [0.1, 0.15) is 5.02 Å². The van der Waals surface area contributed by atoms with E-state index < -0.39 is 16.7 Å². The van der Waals surface area contributed by atoms with Crippen LogP contribution in [0.15, 0.2) is 41.5 Å². The van der Waals surface area contributed by atoms with Crippen LogP contribution in [0.1, 0.15) is 15.9 Å². The van der Waals surface area contributed by atoms with Crippen molar-refractivity contribution in [3.05, 3.63) is 72.7 Å². The van der Waals surface area contributed by atoms with E-state index in [1.165, 1.54) is 42.6 Å². The fraction of sp³-hybridized carbons (Fsp3) is 0.0625. The first-order chi connectivity index (χ1) is 12.8. The molecule has 2 amide bonds. The Morgan fingerprint density at radius 2 is 1.78 bits per heavy atom. The predicted molar refractivity (Wildman–Crippen MR) is 103 cm³/mol. The van der Waals surface area contributed by atoms with Crippen LogP contribution in [0.3, 0.4) is 0 Å². The molecule has 2 aromatic rings. The molecule has 2 aromatic carbocycles. The predicted octanol–water partition coefficient (Wildman–Crippen LogP) is 3.44. The van der Waals surface area contributed by atoms with Crippen molar-refractivity contribution in [2.45, 2.75) is 0 Å². The maximum atomic E-state index is 11.9. The molecule has 140 valence electrons. The van der Waals surface area contributed by atoms with Crippen molar-refractivity contribution in [2.24, 2.45) is 5.10 Å². The van der Waals surface area contributed by atoms with Gasteiger partial charge in [0, 0.05) is 17.2 Å². The van der Waals surface area contributed by atoms with Crippen molar-refractivity contribution < 1.29 is 14.5 Å². The molecular weight excluding hydrogens is 419 g/mol. The Hall–Kier alpha value is -2.68. The zero-order valence-electron chi connectivity index (χ0n) is 13.4. The number of nitrogens with one attached hydrogen (secondary N) is 2. The number of hydrazone groups is 1. The van der Waals surface area contributed by atoms with Gasteiger partial charge < -0.3 is 5.32 Å². The van der Waals surface area contributed by atoms with Gasteiger partial charge in [0.25, 0.3) is 17.5 Å². The number of nitro groups is 1. The smallest absolute Gasteiger partial charge is 0.288 e. The van der Waals surface area contributed by atoms with Crippen LogP contribution < -0.4 is 10.7 Å². The Labute approximate surface area is 168 Å². The lowest BCUT2D eigenvalue weighted by Crippen LogP contribution is -2.34. The third kappa shape index (κ3) is 5.92. The Morgan fingerprint density at radius 1 is 1.07 bits per heavy atom. The summed E-state index contributed by atoms with van der Waals surface area (Å²) >= 11 is 17.3. The fourth-order valence-electron chi connectivity index (χ4n) is 1.87. The molecule has 0 aliphatic carbocycles. The highest BCUT2D eigenvalue weighted by molar-refractivity contribution is 6.42. The zero-order chi connectivity index (χ0) is 20.0. The summed E-state index contributed by atoms with van der Waals surface area (Å²) in [6, 6.07) is 8.37. The minimum Gasteiger partial charge on any atom is -0.343 e. The van der Waals surface area contributed by atoms with Gasteiger partial charge in [0.05, 0.1) is 27.7 Å². The van der Waals surface area contributed by atoms with Crippen molar-refractivity contribution in [1.82, 2.24) is 10.7 Å². The number of halogens is 3. The zero-order valence-corrected chi connectivity index (χ0v) is 15.7. The van der Waals surface area contributed by atoms with Gasteiger partial charge in [-0.05, 0) is 24.3 Å². The lowest BCUT2D eigenvalue weighted by atomic mass is 10.2. The van der Waals surface area contributed by atoms with Crippen LogP contribution >= 0.6 is 34.8 Å². The molecule has 0 atom stereocenters. The third-order valence-corrected chi connectivity index (χ3v) is 4.22. The molecule has 0 unspecified atom stereocenters. The van der Waals surface area contributed by atoms with Crippen molar-refractivity contribution in [2.75, 3.05) is 6.54 Å². The molecule has 0 aliphatic rings. The number of carbonyl (C=O) groups is 2. The topological polar surface area (TPSA) is 114 Å². The number of nitro benzene ring substituents is 1. The Bertz CT molecular complexity index is 934. The maximum Gasteiger partial charge on any atom is 0.288 e. The molecule has 11 heteroatoms. The highest BCUT2D eigenvalue weighted by Gasteiger charge is 2.12. The summed E-state index contributed by atoms with van der Waals surface area (Å²) in [7, 11) is 0. The average molecular weight is 430 g/mol. The molecule has 0 radical (unpaired) electrons. The highest BCUT2D eigenvalue weighted by atomic mass is 35.5. The summed E-state index contributed by atoms with van der Waals surface area (Å²) in [5.41, 5.74) is 2.52. The minimum atomic E-state index is -0.628. The molecule has 0 spiro atoms. The van der Waals surface area contributed by atoms with E-state index in [4.69, 9.17) is 34.8 Å². The number of hydrogen-bond acceptors (Lipinski definition) is 5. The van der Waals surface area contributed by atoms with E-state index in [9.17, 15) is 19.7 Å². The molecule has 0 aliphatic heterocycles. The second-order valence-corrected chi connectivity index (χ2v) is 6.29. The first kappa shape index (κ1) is 20.6. The molecule has 0 saturated carbocycles. The van der Waals surface area contributed by atoms with Gasteiger partial charge in [-0.25, -0.2) is 5.43 Å². The fourth-order valence-corrected chi connectivity index (χ4v) is 2.35. The van der Waals surface area contributed by atoms with E-state index in [0.717, 1.165) is 0 Å². The summed E-state index contributed by atoms with van der Waals surface area (Å²) in [4.78, 5) is 33.8. The summed E-state index contributed by atoms with van der Waals surface area (Å²) < 4.78 is 0. The molecule has 2 rings (SSSR count). The lowest BCUT2D eigenvalue weighted by Gasteiger charge is -2.05. The van der Waals surface area contributed by atoms with Crippen LogP contribution in [-0.2, 0) is 4.79 Å². The largest absolute Gasteiger partial charge is 0.343 e. The summed E-state index contributed by atoms with van der Waals surface area (Å²) in [6.45, 7) is -0.336. The van der Waals surface area contributed by atoms with E-state index >= 15 is 0 Å². The third-order valence-electron chi connectivity index (χ3n) is 3.16. The number of carbonyl (C=O) groups excluding carboxylic acids is 2. The van der Waals surface area contributed by atoms with Crippen LogP contribution in [0, 0.1) is 10.1 Å². The van der Waals surface area contributed by atoms with Gasteiger partial charge in [0.15, 0.2) is 0 Å². The van der Waals surface area contributed by atoms with Gasteiger partial charge in [-0.3, -0.25) is 19.7 Å². The van der Waals surface area contributed by atoms with Gasteiger partial charge in [0.2, 0.25) is 0 Å². The number of rotatable bonds is 6. The monoisotopic (exact) mass is 428 g/mol. The van der Waals surface area contributed by atoms with E-state index in [0.29, 0.717) is 10.6 Å². The normalized spacial score (nSPS) is 10.6. The van der Waals surface area contributed by atoms with Crippen LogP contribution in [0.2, 0.25) is 15.1 Å². The van der Waals surface area contributed by atoms with Gasteiger partial charge in [-0.15, -0.1) is 0 Å². The summed E-state index contributed by atoms with van der Waals surface area (Å²) in [5.74, 6) is -1.11. The van der Waals surface area contributed by atoms with Crippen LogP contribution in [0.25, 0.3) is 0 Å². The van der Waals surface area contributed by atoms with Gasteiger partial charge in [-0.1, -0.05) is 40.9 Å². The number of hydrogen-bond donors (Lipinski definition) is 2. The first-order valence-corrected chi connectivity index (χ1v) is 8.40. The second kappa shape index (κ2) is 9.31. The number of benzene rings is 2. The van der Waals surface area contributed by atoms with Crippen LogP contribution in [0.4, 0.5) is 5.69 Å². The van der Waals surface area contributed by atoms with Crippen molar-refractivity contribution >= 4 is 58.5 Å². The summed E-state index contributed by atoms with van der Waals surface area (Å²) in [6.07, 6.45) is 1.21. The minimum absolute atomic E-state index is 0.00815. The maximum absolute atomic E-state index is 11.9. The van der Waals surface area contributed by atoms with Crippen molar-refractivity contribution in [3.8, 4) is 0 Å². The van der Waals surface area contributed by atoms with Crippen LogP contribution in [-0.4, -0.2) is 29.5 Å². The lowest BCUT2D eigenvalue weighted by molar-refractivity contribution is -0.384. The molecule has 8 nitrogen and oxygen atoms in total. The Morgan fingerprint density at radius 3 is 2.44 bits per heavy atom. The summed E-state index contributed by atoms with van der Waals surface area (Å²) in [5, 5.41) is 17.4. The highest BCUT2D eigenvalue weighted by Crippen LogP contribution is 2.24. The first-order valence-electron chi connectivity index (χ1n) is 7.27. The van der Waals surface area contributed by atoms with Gasteiger partial charge in [-0.2, -0.15) is 5.10 Å². The molecule has 0 bridgehead atoms. The molecule has 27 heavy (non-hydrogen) atoms. The van der Waals surface area contributed by atoms with E-state index in [1.807, 2.05) is 0 Å². The molecule has 2 N–H and O–H groups in total. The van der Waals surface area contributed by atoms with Crippen molar-refractivity contribution in [3.63, 3.8) is 0 Å². The van der Waals surface area contributed by atoms with Crippen molar-refractivity contribution in [1.29, 1.82) is 0 Å². The Kier molecular flexibility index (Phi) is 7.12. The molecule has 0 aromatic heterocycles. The number of amides is 2. The molecular formula is C16H11Cl3N4O4. The second-order valence-electron chi connectivity index (χ2n) is 5.07. The SMILES string of the molecule is O=C(CNC(=O)c1ccc(Cl)c(Cl)c1)N/N=C/c1ccc(Cl)c([N+](=O)[O-])c1. The quantitative estimate of drug-likeness (QED) is 0.416. The number of nitrogens with zero attached hydrogens (tertiary/aromatic N) is 2. The van der Waals surface area contributed by atoms with E-state index in [1.54, 1.807) is 0 Å². The standard InChI is InChI=1S/C16H11Cl3N4O4/c17-11-4-2-10(6-13(11)19)16(25)20-8-15(24)22-21-7-9-1-3-12(18)14(5-9)23(26)27/h1-7H,8H2,(H,20,25)(H,22,24)/b21-7+. The Balaban J connectivity index is 1.88. The molecule has 0 fully saturated rings. The van der Waals surface area contributed by atoms with E-state index in [2.05, 4.69) is 15.8 Å². The molecule has 0 saturated heterocycles.